The molecule has 0 bridgehead atoms. The summed E-state index contributed by atoms with van der Waals surface area (Å²) in [7, 11) is 0. The number of benzene rings is 2. The molecule has 4 nitrogen and oxygen atoms in total. The molecule has 0 radical (unpaired) electrons. The smallest absolute Gasteiger partial charge is 0.159 e. The van der Waals surface area contributed by atoms with Crippen LogP contribution in [0.25, 0.3) is 5.69 Å². The molecule has 0 aliphatic heterocycles. The van der Waals surface area contributed by atoms with Gasteiger partial charge in [0.05, 0.1) is 6.04 Å². The molecule has 106 valence electrons. The van der Waals surface area contributed by atoms with Gasteiger partial charge in [0.1, 0.15) is 5.82 Å². The van der Waals surface area contributed by atoms with Gasteiger partial charge < -0.3 is 5.73 Å². The van der Waals surface area contributed by atoms with Crippen LogP contribution in [0.2, 0.25) is 5.02 Å². The Kier molecular flexibility index (Phi) is 3.73. The van der Waals surface area contributed by atoms with Crippen LogP contribution in [-0.4, -0.2) is 14.8 Å². The quantitative estimate of drug-likeness (QED) is 0.807. The second-order valence-electron chi connectivity index (χ2n) is 4.78. The van der Waals surface area contributed by atoms with Crippen LogP contribution in [0.4, 0.5) is 0 Å². The molecule has 2 aromatic carbocycles. The maximum absolute atomic E-state index is 6.36. The number of para-hydroxylation sites is 1. The molecule has 5 heteroatoms. The van der Waals surface area contributed by atoms with Gasteiger partial charge in [-0.2, -0.15) is 0 Å². The van der Waals surface area contributed by atoms with Gasteiger partial charge in [-0.15, -0.1) is 10.2 Å². The van der Waals surface area contributed by atoms with E-state index in [1.807, 2.05) is 66.1 Å². The number of aromatic nitrogens is 3. The summed E-state index contributed by atoms with van der Waals surface area (Å²) >= 11 is 6.24. The highest BCUT2D eigenvalue weighted by atomic mass is 35.5. The molecule has 3 aromatic rings. The summed E-state index contributed by atoms with van der Waals surface area (Å²) in [5.74, 6) is 1.46. The lowest BCUT2D eigenvalue weighted by Gasteiger charge is -2.15. The number of nitrogens with two attached hydrogens (primary N) is 1. The van der Waals surface area contributed by atoms with Gasteiger partial charge in [-0.25, -0.2) is 0 Å². The second kappa shape index (κ2) is 5.68. The van der Waals surface area contributed by atoms with Gasteiger partial charge in [0, 0.05) is 10.7 Å². The Hall–Kier alpha value is -2.17. The van der Waals surface area contributed by atoms with E-state index in [0.29, 0.717) is 10.8 Å². The van der Waals surface area contributed by atoms with Crippen LogP contribution in [0.5, 0.6) is 0 Å². The number of hydrogen-bond donors (Lipinski definition) is 1. The van der Waals surface area contributed by atoms with E-state index in [0.717, 1.165) is 17.1 Å². The normalized spacial score (nSPS) is 12.3. The van der Waals surface area contributed by atoms with E-state index in [2.05, 4.69) is 10.2 Å². The number of rotatable bonds is 3. The van der Waals surface area contributed by atoms with Gasteiger partial charge in [-0.05, 0) is 30.7 Å². The predicted molar refractivity (Wildman–Crippen MR) is 83.6 cm³/mol. The Bertz CT molecular complexity index is 752. The Morgan fingerprint density at radius 2 is 1.67 bits per heavy atom. The molecule has 0 aliphatic carbocycles. The predicted octanol–water partition coefficient (Wildman–Crippen LogP) is 3.28. The number of hydrogen-bond acceptors (Lipinski definition) is 3. The van der Waals surface area contributed by atoms with Crippen molar-refractivity contribution in [1.29, 1.82) is 0 Å². The first-order valence-corrected chi connectivity index (χ1v) is 7.03. The van der Waals surface area contributed by atoms with Crippen LogP contribution in [0.1, 0.15) is 23.3 Å². The standard InChI is InChI=1S/C16H15ClN4/c1-11-19-20-16(21(11)12-7-3-2-4-8-12)15(18)13-9-5-6-10-14(13)17/h2-10,15H,18H2,1H3/t15-/m1/s1. The number of halogens is 1. The molecule has 1 aromatic heterocycles. The van der Waals surface area contributed by atoms with Gasteiger partial charge in [-0.3, -0.25) is 4.57 Å². The summed E-state index contributed by atoms with van der Waals surface area (Å²) in [5, 5.41) is 9.03. The molecule has 0 fully saturated rings. The van der Waals surface area contributed by atoms with Gasteiger partial charge in [-0.1, -0.05) is 48.0 Å². The van der Waals surface area contributed by atoms with E-state index in [9.17, 15) is 0 Å². The minimum Gasteiger partial charge on any atom is -0.318 e. The molecule has 21 heavy (non-hydrogen) atoms. The monoisotopic (exact) mass is 298 g/mol. The summed E-state index contributed by atoms with van der Waals surface area (Å²) in [5.41, 5.74) is 8.18. The highest BCUT2D eigenvalue weighted by molar-refractivity contribution is 6.31. The summed E-state index contributed by atoms with van der Waals surface area (Å²) < 4.78 is 1.95. The SMILES string of the molecule is Cc1nnc([C@H](N)c2ccccc2Cl)n1-c1ccccc1. The van der Waals surface area contributed by atoms with E-state index in [4.69, 9.17) is 17.3 Å². The Morgan fingerprint density at radius 3 is 2.38 bits per heavy atom. The van der Waals surface area contributed by atoms with Crippen molar-refractivity contribution in [2.24, 2.45) is 5.73 Å². The maximum Gasteiger partial charge on any atom is 0.159 e. The van der Waals surface area contributed by atoms with Crippen molar-refractivity contribution in [3.63, 3.8) is 0 Å². The first-order valence-electron chi connectivity index (χ1n) is 6.66. The lowest BCUT2D eigenvalue weighted by atomic mass is 10.1. The van der Waals surface area contributed by atoms with Crippen LogP contribution in [0, 0.1) is 6.92 Å². The molecule has 2 N–H and O–H groups in total. The van der Waals surface area contributed by atoms with Gasteiger partial charge >= 0.3 is 0 Å². The minimum atomic E-state index is -0.430. The van der Waals surface area contributed by atoms with Crippen LogP contribution in [0.15, 0.2) is 54.6 Å². The van der Waals surface area contributed by atoms with Crippen LogP contribution >= 0.6 is 11.6 Å². The fourth-order valence-corrected chi connectivity index (χ4v) is 2.60. The summed E-state index contributed by atoms with van der Waals surface area (Å²) in [4.78, 5) is 0. The highest BCUT2D eigenvalue weighted by Crippen LogP contribution is 2.27. The maximum atomic E-state index is 6.36. The molecule has 0 saturated heterocycles. The lowest BCUT2D eigenvalue weighted by Crippen LogP contribution is -2.18. The zero-order valence-electron chi connectivity index (χ0n) is 11.6. The molecule has 0 amide bonds. The zero-order valence-corrected chi connectivity index (χ0v) is 12.3. The number of aryl methyl sites for hydroxylation is 1. The first kappa shape index (κ1) is 13.8. The minimum absolute atomic E-state index is 0.430. The second-order valence-corrected chi connectivity index (χ2v) is 5.18. The van der Waals surface area contributed by atoms with Crippen molar-refractivity contribution in [2.45, 2.75) is 13.0 Å². The van der Waals surface area contributed by atoms with E-state index in [1.54, 1.807) is 0 Å². The van der Waals surface area contributed by atoms with Crippen molar-refractivity contribution in [2.75, 3.05) is 0 Å². The molecular weight excluding hydrogens is 284 g/mol. The van der Waals surface area contributed by atoms with E-state index >= 15 is 0 Å². The van der Waals surface area contributed by atoms with Crippen LogP contribution in [0.3, 0.4) is 0 Å². The third kappa shape index (κ3) is 2.55. The summed E-state index contributed by atoms with van der Waals surface area (Å²) in [6.45, 7) is 1.91. The average Bonchev–Trinajstić information content (AvgIpc) is 2.90. The first-order chi connectivity index (χ1) is 10.2. The van der Waals surface area contributed by atoms with Crippen molar-refractivity contribution in [1.82, 2.24) is 14.8 Å². The van der Waals surface area contributed by atoms with E-state index in [-0.39, 0.29) is 0 Å². The molecule has 3 rings (SSSR count). The number of nitrogens with zero attached hydrogens (tertiary/aromatic N) is 3. The van der Waals surface area contributed by atoms with Crippen LogP contribution < -0.4 is 5.73 Å². The highest BCUT2D eigenvalue weighted by Gasteiger charge is 2.20. The molecule has 0 unspecified atom stereocenters. The van der Waals surface area contributed by atoms with Gasteiger partial charge in [0.25, 0.3) is 0 Å². The fourth-order valence-electron chi connectivity index (χ4n) is 2.34. The van der Waals surface area contributed by atoms with Gasteiger partial charge in [0.15, 0.2) is 5.82 Å². The van der Waals surface area contributed by atoms with Crippen molar-refractivity contribution in [3.8, 4) is 5.69 Å². The van der Waals surface area contributed by atoms with Crippen molar-refractivity contribution < 1.29 is 0 Å². The largest absolute Gasteiger partial charge is 0.318 e. The van der Waals surface area contributed by atoms with E-state index < -0.39 is 6.04 Å². The molecule has 1 heterocycles. The van der Waals surface area contributed by atoms with E-state index in [1.165, 1.54) is 0 Å². The zero-order chi connectivity index (χ0) is 14.8. The van der Waals surface area contributed by atoms with Gasteiger partial charge in [0.2, 0.25) is 0 Å². The third-order valence-corrected chi connectivity index (χ3v) is 3.73. The molecule has 1 atom stereocenters. The Morgan fingerprint density at radius 1 is 1.00 bits per heavy atom. The summed E-state index contributed by atoms with van der Waals surface area (Å²) in [6.07, 6.45) is 0. The fraction of sp³-hybridized carbons (Fsp3) is 0.125. The summed E-state index contributed by atoms with van der Waals surface area (Å²) in [6, 6.07) is 17.0. The van der Waals surface area contributed by atoms with Crippen LogP contribution in [-0.2, 0) is 0 Å². The van der Waals surface area contributed by atoms with Crippen molar-refractivity contribution >= 4 is 11.6 Å². The molecule has 0 spiro atoms. The average molecular weight is 299 g/mol. The Balaban J connectivity index is 2.11. The molecule has 0 aliphatic rings. The van der Waals surface area contributed by atoms with Crippen molar-refractivity contribution in [3.05, 3.63) is 76.8 Å². The topological polar surface area (TPSA) is 56.7 Å². The molecular formula is C16H15ClN4. The lowest BCUT2D eigenvalue weighted by molar-refractivity contribution is 0.748. The Labute approximate surface area is 128 Å². The third-order valence-electron chi connectivity index (χ3n) is 3.38. The molecule has 0 saturated carbocycles.